The zero-order valence-electron chi connectivity index (χ0n) is 10.2. The maximum absolute atomic E-state index is 10.1. The Bertz CT molecular complexity index is 535. The first-order chi connectivity index (χ1) is 8.58. The Morgan fingerprint density at radius 2 is 1.67 bits per heavy atom. The second kappa shape index (κ2) is 5.10. The zero-order chi connectivity index (χ0) is 13.1. The summed E-state index contributed by atoms with van der Waals surface area (Å²) in [5.74, 6) is 0.0681. The second-order valence-corrected chi connectivity index (χ2v) is 4.40. The predicted molar refractivity (Wildman–Crippen MR) is 69.6 cm³/mol. The minimum atomic E-state index is -0.666. The molecule has 0 radical (unpaired) electrons. The SMILES string of the molecule is Cc1cc(CC(O)c2ccccc2)c(O)cc1O. The largest absolute Gasteiger partial charge is 0.508 e. The molecule has 3 nitrogen and oxygen atoms in total. The van der Waals surface area contributed by atoms with Gasteiger partial charge in [0.2, 0.25) is 0 Å². The molecule has 0 aliphatic heterocycles. The molecule has 0 aromatic heterocycles. The zero-order valence-corrected chi connectivity index (χ0v) is 10.2. The van der Waals surface area contributed by atoms with Crippen LogP contribution >= 0.6 is 0 Å². The van der Waals surface area contributed by atoms with Crippen molar-refractivity contribution < 1.29 is 15.3 Å². The van der Waals surface area contributed by atoms with Gasteiger partial charge in [0.1, 0.15) is 11.5 Å². The summed E-state index contributed by atoms with van der Waals surface area (Å²) in [5, 5.41) is 29.3. The normalized spacial score (nSPS) is 12.3. The monoisotopic (exact) mass is 244 g/mol. The maximum Gasteiger partial charge on any atom is 0.122 e. The first-order valence-corrected chi connectivity index (χ1v) is 5.82. The molecule has 94 valence electrons. The van der Waals surface area contributed by atoms with E-state index in [1.165, 1.54) is 6.07 Å². The van der Waals surface area contributed by atoms with Gasteiger partial charge in [-0.1, -0.05) is 30.3 Å². The van der Waals surface area contributed by atoms with Crippen molar-refractivity contribution in [3.05, 3.63) is 59.2 Å². The standard InChI is InChI=1S/C15H16O3/c1-10-7-12(15(18)9-13(10)16)8-14(17)11-5-3-2-4-6-11/h2-7,9,14,16-18H,8H2,1H3. The highest BCUT2D eigenvalue weighted by Gasteiger charge is 2.12. The fraction of sp³-hybridized carbons (Fsp3) is 0.200. The number of aromatic hydroxyl groups is 2. The minimum absolute atomic E-state index is 0.00748. The van der Waals surface area contributed by atoms with E-state index in [0.717, 1.165) is 5.56 Å². The molecule has 3 N–H and O–H groups in total. The van der Waals surface area contributed by atoms with Crippen molar-refractivity contribution >= 4 is 0 Å². The number of benzene rings is 2. The van der Waals surface area contributed by atoms with Crippen molar-refractivity contribution in [3.8, 4) is 11.5 Å². The molecule has 0 aliphatic rings. The molecular formula is C15H16O3. The van der Waals surface area contributed by atoms with E-state index in [-0.39, 0.29) is 11.5 Å². The van der Waals surface area contributed by atoms with Crippen molar-refractivity contribution in [1.82, 2.24) is 0 Å². The maximum atomic E-state index is 10.1. The third-order valence-corrected chi connectivity index (χ3v) is 2.99. The van der Waals surface area contributed by atoms with Gasteiger partial charge in [0, 0.05) is 12.5 Å². The van der Waals surface area contributed by atoms with E-state index in [2.05, 4.69) is 0 Å². The summed E-state index contributed by atoms with van der Waals surface area (Å²) in [6.45, 7) is 1.76. The van der Waals surface area contributed by atoms with Crippen LogP contribution in [0.5, 0.6) is 11.5 Å². The molecule has 2 aromatic rings. The molecule has 0 amide bonds. The van der Waals surface area contributed by atoms with Crippen molar-refractivity contribution in [2.45, 2.75) is 19.4 Å². The van der Waals surface area contributed by atoms with Crippen LogP contribution in [-0.4, -0.2) is 15.3 Å². The molecule has 0 aliphatic carbocycles. The molecule has 0 fully saturated rings. The van der Waals surface area contributed by atoms with Crippen LogP contribution in [0.1, 0.15) is 22.8 Å². The molecular weight excluding hydrogens is 228 g/mol. The molecule has 0 heterocycles. The molecule has 1 unspecified atom stereocenters. The molecule has 2 aromatic carbocycles. The van der Waals surface area contributed by atoms with Crippen LogP contribution < -0.4 is 0 Å². The van der Waals surface area contributed by atoms with E-state index in [1.54, 1.807) is 13.0 Å². The number of phenolic OH excluding ortho intramolecular Hbond substituents is 2. The van der Waals surface area contributed by atoms with Crippen LogP contribution in [0.15, 0.2) is 42.5 Å². The number of rotatable bonds is 3. The van der Waals surface area contributed by atoms with Crippen molar-refractivity contribution in [1.29, 1.82) is 0 Å². The van der Waals surface area contributed by atoms with E-state index in [4.69, 9.17) is 0 Å². The summed E-state index contributed by atoms with van der Waals surface area (Å²) in [6.07, 6.45) is -0.349. The van der Waals surface area contributed by atoms with Gasteiger partial charge in [0.05, 0.1) is 6.10 Å². The highest BCUT2D eigenvalue weighted by molar-refractivity contribution is 5.45. The third kappa shape index (κ3) is 2.63. The lowest BCUT2D eigenvalue weighted by Gasteiger charge is -2.13. The average Bonchev–Trinajstić information content (AvgIpc) is 2.37. The van der Waals surface area contributed by atoms with Gasteiger partial charge in [-0.05, 0) is 29.7 Å². The van der Waals surface area contributed by atoms with Gasteiger partial charge in [0.15, 0.2) is 0 Å². The van der Waals surface area contributed by atoms with Crippen LogP contribution in [0, 0.1) is 6.92 Å². The molecule has 2 rings (SSSR count). The first-order valence-electron chi connectivity index (χ1n) is 5.82. The smallest absolute Gasteiger partial charge is 0.122 e. The fourth-order valence-electron chi connectivity index (χ4n) is 1.91. The number of aliphatic hydroxyl groups is 1. The molecule has 0 saturated heterocycles. The van der Waals surface area contributed by atoms with Gasteiger partial charge in [-0.25, -0.2) is 0 Å². The van der Waals surface area contributed by atoms with E-state index in [0.29, 0.717) is 17.5 Å². The van der Waals surface area contributed by atoms with Gasteiger partial charge < -0.3 is 15.3 Å². The number of hydrogen-bond donors (Lipinski definition) is 3. The number of phenols is 2. The molecule has 0 bridgehead atoms. The fourth-order valence-corrected chi connectivity index (χ4v) is 1.91. The van der Waals surface area contributed by atoms with Gasteiger partial charge >= 0.3 is 0 Å². The quantitative estimate of drug-likeness (QED) is 0.778. The van der Waals surface area contributed by atoms with E-state index >= 15 is 0 Å². The van der Waals surface area contributed by atoms with Gasteiger partial charge in [-0.15, -0.1) is 0 Å². The molecule has 0 saturated carbocycles. The number of aliphatic hydroxyl groups excluding tert-OH is 1. The topological polar surface area (TPSA) is 60.7 Å². The third-order valence-electron chi connectivity index (χ3n) is 2.99. The molecule has 1 atom stereocenters. The van der Waals surface area contributed by atoms with Crippen LogP contribution in [0.3, 0.4) is 0 Å². The summed E-state index contributed by atoms with van der Waals surface area (Å²) in [7, 11) is 0. The van der Waals surface area contributed by atoms with Gasteiger partial charge in [-0.2, -0.15) is 0 Å². The van der Waals surface area contributed by atoms with Crippen molar-refractivity contribution in [2.24, 2.45) is 0 Å². The Hall–Kier alpha value is -2.00. The Labute approximate surface area is 106 Å². The van der Waals surface area contributed by atoms with Gasteiger partial charge in [-0.3, -0.25) is 0 Å². The Morgan fingerprint density at radius 3 is 2.33 bits per heavy atom. The Kier molecular flexibility index (Phi) is 3.53. The lowest BCUT2D eigenvalue weighted by molar-refractivity contribution is 0.177. The highest BCUT2D eigenvalue weighted by Crippen LogP contribution is 2.30. The molecule has 18 heavy (non-hydrogen) atoms. The average molecular weight is 244 g/mol. The van der Waals surface area contributed by atoms with Crippen molar-refractivity contribution in [3.63, 3.8) is 0 Å². The number of hydrogen-bond acceptors (Lipinski definition) is 3. The van der Waals surface area contributed by atoms with Crippen molar-refractivity contribution in [2.75, 3.05) is 0 Å². The minimum Gasteiger partial charge on any atom is -0.508 e. The van der Waals surface area contributed by atoms with Crippen LogP contribution in [0.2, 0.25) is 0 Å². The van der Waals surface area contributed by atoms with Gasteiger partial charge in [0.25, 0.3) is 0 Å². The van der Waals surface area contributed by atoms with E-state index < -0.39 is 6.10 Å². The lowest BCUT2D eigenvalue weighted by atomic mass is 9.99. The Morgan fingerprint density at radius 1 is 1.00 bits per heavy atom. The molecule has 0 spiro atoms. The van der Waals surface area contributed by atoms with Crippen LogP contribution in [0.25, 0.3) is 0 Å². The van der Waals surface area contributed by atoms with E-state index in [9.17, 15) is 15.3 Å². The highest BCUT2D eigenvalue weighted by atomic mass is 16.3. The summed E-state index contributed by atoms with van der Waals surface area (Å²) in [4.78, 5) is 0. The predicted octanol–water partition coefficient (Wildman–Crippen LogP) is 2.68. The Balaban J connectivity index is 2.22. The van der Waals surface area contributed by atoms with Crippen LogP contribution in [-0.2, 0) is 6.42 Å². The first kappa shape index (κ1) is 12.5. The van der Waals surface area contributed by atoms with Crippen LogP contribution in [0.4, 0.5) is 0 Å². The second-order valence-electron chi connectivity index (χ2n) is 4.40. The summed E-state index contributed by atoms with van der Waals surface area (Å²) < 4.78 is 0. The van der Waals surface area contributed by atoms with E-state index in [1.807, 2.05) is 30.3 Å². The lowest BCUT2D eigenvalue weighted by Crippen LogP contribution is -2.02. The molecule has 3 heteroatoms. The summed E-state index contributed by atoms with van der Waals surface area (Å²) in [5.41, 5.74) is 2.12. The summed E-state index contributed by atoms with van der Waals surface area (Å²) >= 11 is 0. The number of aryl methyl sites for hydroxylation is 1. The summed E-state index contributed by atoms with van der Waals surface area (Å²) in [6, 6.07) is 12.3.